The van der Waals surface area contributed by atoms with Gasteiger partial charge in [0.2, 0.25) is 11.9 Å². The van der Waals surface area contributed by atoms with E-state index >= 15 is 0 Å². The summed E-state index contributed by atoms with van der Waals surface area (Å²) >= 11 is 0. The first kappa shape index (κ1) is 15.8. The highest BCUT2D eigenvalue weighted by atomic mass is 16.5. The minimum absolute atomic E-state index is 0.102. The number of esters is 1. The SMILES string of the molecule is CCOC(=O)[C@@H]1C(=O)NC(N2CCCCC2)=N[C@@H]1C(C)C. The van der Waals surface area contributed by atoms with Crippen LogP contribution in [-0.4, -0.2) is 48.5 Å². The Hall–Kier alpha value is -1.59. The van der Waals surface area contributed by atoms with Crippen LogP contribution in [-0.2, 0) is 14.3 Å². The molecule has 21 heavy (non-hydrogen) atoms. The molecule has 0 aliphatic carbocycles. The van der Waals surface area contributed by atoms with Crippen LogP contribution in [0.2, 0.25) is 0 Å². The number of hydrogen-bond acceptors (Lipinski definition) is 5. The summed E-state index contributed by atoms with van der Waals surface area (Å²) in [6.07, 6.45) is 3.45. The predicted octanol–water partition coefficient (Wildman–Crippen LogP) is 1.16. The highest BCUT2D eigenvalue weighted by molar-refractivity contribution is 6.08. The average molecular weight is 295 g/mol. The summed E-state index contributed by atoms with van der Waals surface area (Å²) in [6, 6.07) is -0.352. The fraction of sp³-hybridized carbons (Fsp3) is 0.800. The first-order chi connectivity index (χ1) is 10.0. The lowest BCUT2D eigenvalue weighted by Gasteiger charge is -2.36. The number of piperidine rings is 1. The summed E-state index contributed by atoms with van der Waals surface area (Å²) in [6.45, 7) is 7.79. The van der Waals surface area contributed by atoms with Gasteiger partial charge >= 0.3 is 5.97 Å². The van der Waals surface area contributed by atoms with Crippen molar-refractivity contribution in [3.8, 4) is 0 Å². The van der Waals surface area contributed by atoms with Gasteiger partial charge in [0.05, 0.1) is 12.6 Å². The Morgan fingerprint density at radius 3 is 2.62 bits per heavy atom. The van der Waals surface area contributed by atoms with Crippen LogP contribution < -0.4 is 5.32 Å². The van der Waals surface area contributed by atoms with E-state index in [9.17, 15) is 9.59 Å². The van der Waals surface area contributed by atoms with Gasteiger partial charge in [0.15, 0.2) is 5.92 Å². The van der Waals surface area contributed by atoms with Crippen molar-refractivity contribution in [2.24, 2.45) is 16.8 Å². The number of nitrogens with zero attached hydrogens (tertiary/aromatic N) is 2. The Bertz CT molecular complexity index is 428. The maximum absolute atomic E-state index is 12.4. The van der Waals surface area contributed by atoms with Gasteiger partial charge < -0.3 is 9.64 Å². The van der Waals surface area contributed by atoms with Gasteiger partial charge in [0, 0.05) is 13.1 Å². The summed E-state index contributed by atoms with van der Waals surface area (Å²) in [5, 5.41) is 2.80. The van der Waals surface area contributed by atoms with E-state index in [2.05, 4.69) is 15.2 Å². The third-order valence-electron chi connectivity index (χ3n) is 4.01. The van der Waals surface area contributed by atoms with Gasteiger partial charge in [-0.15, -0.1) is 0 Å². The van der Waals surface area contributed by atoms with Gasteiger partial charge in [-0.1, -0.05) is 13.8 Å². The zero-order valence-electron chi connectivity index (χ0n) is 13.1. The molecule has 0 bridgehead atoms. The van der Waals surface area contributed by atoms with Gasteiger partial charge in [-0.2, -0.15) is 0 Å². The lowest BCUT2D eigenvalue weighted by atomic mass is 9.89. The van der Waals surface area contributed by atoms with Crippen molar-refractivity contribution in [2.45, 2.75) is 46.1 Å². The molecule has 0 radical (unpaired) electrons. The summed E-state index contributed by atoms with van der Waals surface area (Å²) in [5.41, 5.74) is 0. The molecule has 1 saturated heterocycles. The van der Waals surface area contributed by atoms with E-state index in [1.54, 1.807) is 6.92 Å². The number of amides is 1. The molecule has 2 aliphatic rings. The molecular weight excluding hydrogens is 270 g/mol. The molecule has 0 unspecified atom stereocenters. The van der Waals surface area contributed by atoms with E-state index in [1.807, 2.05) is 13.8 Å². The third-order valence-corrected chi connectivity index (χ3v) is 4.01. The molecule has 2 atom stereocenters. The molecule has 0 aromatic heterocycles. The fourth-order valence-corrected chi connectivity index (χ4v) is 2.87. The molecule has 0 spiro atoms. The van der Waals surface area contributed by atoms with Gasteiger partial charge in [0.1, 0.15) is 0 Å². The van der Waals surface area contributed by atoms with Crippen LogP contribution in [0.15, 0.2) is 4.99 Å². The van der Waals surface area contributed by atoms with Crippen molar-refractivity contribution in [1.82, 2.24) is 10.2 Å². The third kappa shape index (κ3) is 3.54. The van der Waals surface area contributed by atoms with Crippen molar-refractivity contribution in [2.75, 3.05) is 19.7 Å². The summed E-state index contributed by atoms with van der Waals surface area (Å²) in [4.78, 5) is 31.2. The van der Waals surface area contributed by atoms with Crippen LogP contribution in [0.1, 0.15) is 40.0 Å². The number of aliphatic imine (C=N–C) groups is 1. The summed E-state index contributed by atoms with van der Waals surface area (Å²) in [7, 11) is 0. The van der Waals surface area contributed by atoms with Crippen molar-refractivity contribution in [3.05, 3.63) is 0 Å². The molecular formula is C15H25N3O3. The van der Waals surface area contributed by atoms with E-state index in [0.29, 0.717) is 5.96 Å². The average Bonchev–Trinajstić information content (AvgIpc) is 2.47. The number of carbonyl (C=O) groups excluding carboxylic acids is 2. The van der Waals surface area contributed by atoms with Crippen LogP contribution in [0.5, 0.6) is 0 Å². The van der Waals surface area contributed by atoms with Crippen molar-refractivity contribution < 1.29 is 14.3 Å². The monoisotopic (exact) mass is 295 g/mol. The number of rotatable bonds is 3. The molecule has 6 heteroatoms. The zero-order valence-corrected chi connectivity index (χ0v) is 13.1. The summed E-state index contributed by atoms with van der Waals surface area (Å²) in [5.74, 6) is -0.874. The lowest BCUT2D eigenvalue weighted by Crippen LogP contribution is -2.56. The number of likely N-dealkylation sites (tertiary alicyclic amines) is 1. The smallest absolute Gasteiger partial charge is 0.320 e. The van der Waals surface area contributed by atoms with Gasteiger partial charge in [0.25, 0.3) is 0 Å². The van der Waals surface area contributed by atoms with Gasteiger partial charge in [-0.25, -0.2) is 4.99 Å². The maximum Gasteiger partial charge on any atom is 0.320 e. The van der Waals surface area contributed by atoms with Crippen LogP contribution in [0.25, 0.3) is 0 Å². The minimum Gasteiger partial charge on any atom is -0.465 e. The zero-order chi connectivity index (χ0) is 15.4. The quantitative estimate of drug-likeness (QED) is 0.626. The fourth-order valence-electron chi connectivity index (χ4n) is 2.87. The van der Waals surface area contributed by atoms with E-state index in [1.165, 1.54) is 6.42 Å². The molecule has 1 fully saturated rings. The van der Waals surface area contributed by atoms with E-state index < -0.39 is 11.9 Å². The highest BCUT2D eigenvalue weighted by Crippen LogP contribution is 2.23. The molecule has 0 saturated carbocycles. The second-order valence-electron chi connectivity index (χ2n) is 5.95. The molecule has 2 rings (SSSR count). The van der Waals surface area contributed by atoms with Crippen molar-refractivity contribution >= 4 is 17.8 Å². The van der Waals surface area contributed by atoms with Crippen molar-refractivity contribution in [1.29, 1.82) is 0 Å². The Labute approximate surface area is 125 Å². The normalized spacial score (nSPS) is 26.4. The number of carbonyl (C=O) groups is 2. The molecule has 2 aliphatic heterocycles. The number of guanidine groups is 1. The minimum atomic E-state index is -0.835. The second-order valence-corrected chi connectivity index (χ2v) is 5.95. The van der Waals surface area contributed by atoms with Gasteiger partial charge in [-0.05, 0) is 32.1 Å². The summed E-state index contributed by atoms with van der Waals surface area (Å²) < 4.78 is 5.03. The van der Waals surface area contributed by atoms with E-state index in [4.69, 9.17) is 4.74 Å². The van der Waals surface area contributed by atoms with Crippen LogP contribution >= 0.6 is 0 Å². The first-order valence-electron chi connectivity index (χ1n) is 7.84. The molecule has 6 nitrogen and oxygen atoms in total. The topological polar surface area (TPSA) is 71.0 Å². The molecule has 1 N–H and O–H groups in total. The molecule has 0 aromatic rings. The van der Waals surface area contributed by atoms with Crippen LogP contribution in [0, 0.1) is 11.8 Å². The van der Waals surface area contributed by atoms with E-state index in [0.717, 1.165) is 25.9 Å². The van der Waals surface area contributed by atoms with Crippen LogP contribution in [0.4, 0.5) is 0 Å². The first-order valence-corrected chi connectivity index (χ1v) is 7.84. The van der Waals surface area contributed by atoms with Crippen LogP contribution in [0.3, 0.4) is 0 Å². The standard InChI is InChI=1S/C15H25N3O3/c1-4-21-14(20)11-12(10(2)3)16-15(17-13(11)19)18-8-6-5-7-9-18/h10-12H,4-9H2,1-3H3,(H,16,17,19)/t11-,12+/m0/s1. The van der Waals surface area contributed by atoms with Crippen molar-refractivity contribution in [3.63, 3.8) is 0 Å². The Morgan fingerprint density at radius 1 is 1.38 bits per heavy atom. The Balaban J connectivity index is 2.21. The molecule has 0 aromatic carbocycles. The lowest BCUT2D eigenvalue weighted by molar-refractivity contribution is -0.153. The number of nitrogens with one attached hydrogen (secondary N) is 1. The largest absolute Gasteiger partial charge is 0.465 e. The second kappa shape index (κ2) is 6.91. The van der Waals surface area contributed by atoms with E-state index in [-0.39, 0.29) is 24.5 Å². The maximum atomic E-state index is 12.4. The molecule has 2 heterocycles. The van der Waals surface area contributed by atoms with Gasteiger partial charge in [-0.3, -0.25) is 14.9 Å². The highest BCUT2D eigenvalue weighted by Gasteiger charge is 2.42. The molecule has 1 amide bonds. The number of hydrogen-bond donors (Lipinski definition) is 1. The molecule has 118 valence electrons. The Kier molecular flexibility index (Phi) is 5.20. The Morgan fingerprint density at radius 2 is 2.05 bits per heavy atom. The number of ether oxygens (including phenoxy) is 1. The predicted molar refractivity (Wildman–Crippen MR) is 79.8 cm³/mol.